The molecule has 1 aliphatic heterocycles. The lowest BCUT2D eigenvalue weighted by molar-refractivity contribution is -0.108. The number of ether oxygens (including phenoxy) is 1. The molecule has 170 valence electrons. The first kappa shape index (κ1) is 24.3. The van der Waals surface area contributed by atoms with Gasteiger partial charge in [-0.05, 0) is 48.7 Å². The van der Waals surface area contributed by atoms with Crippen molar-refractivity contribution in [3.05, 3.63) is 63.5 Å². The average molecular weight is 475 g/mol. The lowest BCUT2D eigenvalue weighted by Crippen LogP contribution is -2.35. The number of aldehydes is 1. The van der Waals surface area contributed by atoms with E-state index in [1.54, 1.807) is 12.1 Å². The van der Waals surface area contributed by atoms with Gasteiger partial charge in [-0.3, -0.25) is 4.99 Å². The van der Waals surface area contributed by atoms with Crippen molar-refractivity contribution >= 4 is 46.6 Å². The van der Waals surface area contributed by atoms with Gasteiger partial charge in [0.2, 0.25) is 0 Å². The smallest absolute Gasteiger partial charge is 0.169 e. The van der Waals surface area contributed by atoms with Crippen LogP contribution in [0.4, 0.5) is 5.69 Å². The van der Waals surface area contributed by atoms with Crippen molar-refractivity contribution in [3.8, 4) is 5.75 Å². The normalized spacial score (nSPS) is 19.5. The first-order valence-corrected chi connectivity index (χ1v) is 11.6. The van der Waals surface area contributed by atoms with Gasteiger partial charge >= 0.3 is 0 Å². The first-order valence-electron chi connectivity index (χ1n) is 10.4. The number of rotatable bonds is 9. The number of halogens is 1. The number of nitrogens with zero attached hydrogens (tertiary/aromatic N) is 2. The predicted molar refractivity (Wildman–Crippen MR) is 132 cm³/mol. The van der Waals surface area contributed by atoms with Crippen molar-refractivity contribution in [2.24, 2.45) is 4.99 Å². The lowest BCUT2D eigenvalue weighted by Gasteiger charge is -2.24. The van der Waals surface area contributed by atoms with Gasteiger partial charge in [0.1, 0.15) is 30.8 Å². The van der Waals surface area contributed by atoms with E-state index in [2.05, 4.69) is 6.92 Å². The molecule has 32 heavy (non-hydrogen) atoms. The molecule has 3 rings (SSSR count). The number of aliphatic hydroxyl groups is 2. The number of benzene rings is 2. The molecular formula is C24H27ClN2O4S. The number of hydrogen-bond donors (Lipinski definition) is 2. The molecule has 1 aliphatic rings. The van der Waals surface area contributed by atoms with Crippen LogP contribution in [0.5, 0.6) is 5.75 Å². The second kappa shape index (κ2) is 11.5. The van der Waals surface area contributed by atoms with E-state index in [1.165, 1.54) is 11.8 Å². The number of aliphatic imine (C=N–C) groups is 1. The van der Waals surface area contributed by atoms with E-state index in [0.29, 0.717) is 17.3 Å². The molecule has 1 saturated heterocycles. The average Bonchev–Trinajstić information content (AvgIpc) is 3.13. The summed E-state index contributed by atoms with van der Waals surface area (Å²) in [7, 11) is 0. The molecule has 1 fully saturated rings. The van der Waals surface area contributed by atoms with Crippen molar-refractivity contribution in [2.75, 3.05) is 24.7 Å². The summed E-state index contributed by atoms with van der Waals surface area (Å²) in [5, 5.41) is 19.6. The topological polar surface area (TPSA) is 82.4 Å². The number of carbonyl (C=O) groups is 1. The molecule has 2 aromatic rings. The monoisotopic (exact) mass is 474 g/mol. The Labute approximate surface area is 197 Å². The minimum Gasteiger partial charge on any atom is -0.489 e. The number of anilines is 1. The number of amidine groups is 1. The summed E-state index contributed by atoms with van der Waals surface area (Å²) in [4.78, 5) is 19.8. The molecule has 0 spiro atoms. The molecule has 0 radical (unpaired) electrons. The van der Waals surface area contributed by atoms with Gasteiger partial charge < -0.3 is 24.6 Å². The van der Waals surface area contributed by atoms with E-state index in [-0.39, 0.29) is 13.2 Å². The fraction of sp³-hybridized carbons (Fsp3) is 0.333. The van der Waals surface area contributed by atoms with Gasteiger partial charge in [0.05, 0.1) is 11.6 Å². The Morgan fingerprint density at radius 3 is 2.75 bits per heavy atom. The van der Waals surface area contributed by atoms with Crippen LogP contribution >= 0.6 is 23.4 Å². The first-order chi connectivity index (χ1) is 15.5. The van der Waals surface area contributed by atoms with E-state index >= 15 is 0 Å². The van der Waals surface area contributed by atoms with E-state index in [9.17, 15) is 9.90 Å². The molecule has 0 unspecified atom stereocenters. The zero-order valence-electron chi connectivity index (χ0n) is 18.1. The quantitative estimate of drug-likeness (QED) is 0.527. The standard InChI is InChI=1S/C24H27ClN2O4S/c1-3-10-26-24-27(20-7-5-4-6-16(20)2)21(14-29)23(32-24)12-17-8-9-22(19(25)11-17)31-15-18(30)13-28/h4-9,11-12,14,18,21,28,30H,3,10,13,15H2,1-2H3/b23-12-,26-24?/t18-,21-/m1/s1. The minimum atomic E-state index is -0.968. The third-order valence-corrected chi connectivity index (χ3v) is 6.27. The van der Waals surface area contributed by atoms with Gasteiger partial charge in [-0.1, -0.05) is 54.6 Å². The van der Waals surface area contributed by atoms with Crippen LogP contribution in [0.3, 0.4) is 0 Å². The summed E-state index contributed by atoms with van der Waals surface area (Å²) in [5.41, 5.74) is 2.85. The van der Waals surface area contributed by atoms with Crippen LogP contribution in [-0.4, -0.2) is 53.6 Å². The molecule has 0 bridgehead atoms. The Morgan fingerprint density at radius 1 is 1.31 bits per heavy atom. The van der Waals surface area contributed by atoms with Crippen molar-refractivity contribution in [1.82, 2.24) is 0 Å². The summed E-state index contributed by atoms with van der Waals surface area (Å²) < 4.78 is 5.45. The number of para-hydroxylation sites is 1. The van der Waals surface area contributed by atoms with E-state index in [1.807, 2.05) is 48.2 Å². The van der Waals surface area contributed by atoms with Gasteiger partial charge in [-0.25, -0.2) is 0 Å². The molecule has 0 amide bonds. The van der Waals surface area contributed by atoms with Crippen LogP contribution in [0.2, 0.25) is 5.02 Å². The van der Waals surface area contributed by atoms with Crippen molar-refractivity contribution in [1.29, 1.82) is 0 Å². The Morgan fingerprint density at radius 2 is 2.09 bits per heavy atom. The summed E-state index contributed by atoms with van der Waals surface area (Å²) in [6.07, 6.45) is 2.82. The minimum absolute atomic E-state index is 0.0532. The van der Waals surface area contributed by atoms with Gasteiger partial charge in [0.25, 0.3) is 0 Å². The lowest BCUT2D eigenvalue weighted by atomic mass is 10.1. The van der Waals surface area contributed by atoms with Gasteiger partial charge in [-0.15, -0.1) is 0 Å². The Bertz CT molecular complexity index is 1010. The summed E-state index contributed by atoms with van der Waals surface area (Å²) in [6, 6.07) is 12.8. The molecule has 0 saturated carbocycles. The molecular weight excluding hydrogens is 448 g/mol. The number of thioether (sulfide) groups is 1. The number of hydrogen-bond acceptors (Lipinski definition) is 6. The third kappa shape index (κ3) is 5.72. The molecule has 2 N–H and O–H groups in total. The zero-order chi connectivity index (χ0) is 23.1. The largest absolute Gasteiger partial charge is 0.489 e. The highest BCUT2D eigenvalue weighted by Crippen LogP contribution is 2.40. The number of carbonyl (C=O) groups excluding carboxylic acids is 1. The molecule has 1 heterocycles. The van der Waals surface area contributed by atoms with Crippen LogP contribution in [0, 0.1) is 6.92 Å². The van der Waals surface area contributed by atoms with Gasteiger partial charge in [0.15, 0.2) is 5.17 Å². The maximum atomic E-state index is 12.2. The Hall–Kier alpha value is -2.32. The fourth-order valence-corrected chi connectivity index (χ4v) is 4.63. The highest BCUT2D eigenvalue weighted by molar-refractivity contribution is 8.18. The van der Waals surface area contributed by atoms with E-state index in [0.717, 1.165) is 39.6 Å². The third-order valence-electron chi connectivity index (χ3n) is 4.87. The van der Waals surface area contributed by atoms with E-state index in [4.69, 9.17) is 26.4 Å². The van der Waals surface area contributed by atoms with Crippen LogP contribution in [0.15, 0.2) is 52.4 Å². The van der Waals surface area contributed by atoms with Crippen molar-refractivity contribution in [3.63, 3.8) is 0 Å². The summed E-state index contributed by atoms with van der Waals surface area (Å²) in [6.45, 7) is 4.34. The summed E-state index contributed by atoms with van der Waals surface area (Å²) in [5.74, 6) is 0.416. The number of aryl methyl sites for hydroxylation is 1. The Kier molecular flexibility index (Phi) is 8.75. The predicted octanol–water partition coefficient (Wildman–Crippen LogP) is 4.31. The Balaban J connectivity index is 1.92. The zero-order valence-corrected chi connectivity index (χ0v) is 19.6. The second-order valence-electron chi connectivity index (χ2n) is 7.39. The molecule has 0 aliphatic carbocycles. The summed E-state index contributed by atoms with van der Waals surface area (Å²) >= 11 is 7.83. The molecule has 6 nitrogen and oxygen atoms in total. The maximum Gasteiger partial charge on any atom is 0.169 e. The molecule has 0 aromatic heterocycles. The van der Waals surface area contributed by atoms with Crippen LogP contribution in [0.25, 0.3) is 6.08 Å². The fourth-order valence-electron chi connectivity index (χ4n) is 3.23. The van der Waals surface area contributed by atoms with Crippen LogP contribution in [-0.2, 0) is 4.79 Å². The van der Waals surface area contributed by atoms with Crippen LogP contribution < -0.4 is 9.64 Å². The molecule has 2 atom stereocenters. The van der Waals surface area contributed by atoms with Gasteiger partial charge in [-0.2, -0.15) is 0 Å². The van der Waals surface area contributed by atoms with Gasteiger partial charge in [0, 0.05) is 17.1 Å². The van der Waals surface area contributed by atoms with Crippen molar-refractivity contribution in [2.45, 2.75) is 32.4 Å². The SMILES string of the molecule is CCCN=C1S/C(=C\c2ccc(OC[C@H](O)CO)c(Cl)c2)[C@@H](C=O)N1c1ccccc1C. The molecule has 2 aromatic carbocycles. The second-order valence-corrected chi connectivity index (χ2v) is 8.84. The van der Waals surface area contributed by atoms with E-state index < -0.39 is 12.1 Å². The highest BCUT2D eigenvalue weighted by atomic mass is 35.5. The van der Waals surface area contributed by atoms with Crippen molar-refractivity contribution < 1.29 is 19.7 Å². The molecule has 8 heteroatoms. The van der Waals surface area contributed by atoms with Crippen LogP contribution in [0.1, 0.15) is 24.5 Å². The highest BCUT2D eigenvalue weighted by Gasteiger charge is 2.36. The number of aliphatic hydroxyl groups excluding tert-OH is 2. The maximum absolute atomic E-state index is 12.2.